The summed E-state index contributed by atoms with van der Waals surface area (Å²) in [6, 6.07) is 3.29. The molecule has 0 saturated carbocycles. The van der Waals surface area contributed by atoms with Crippen molar-refractivity contribution < 1.29 is 9.90 Å². The number of carbonyl (C=O) groups excluding carboxylic acids is 1. The smallest absolute Gasteiger partial charge is 0.256 e. The highest BCUT2D eigenvalue weighted by molar-refractivity contribution is 6.29. The second-order valence-electron chi connectivity index (χ2n) is 4.67. The molecule has 0 saturated heterocycles. The quantitative estimate of drug-likeness (QED) is 0.854. The summed E-state index contributed by atoms with van der Waals surface area (Å²) >= 11 is 5.77. The molecule has 1 aromatic rings. The topological polar surface area (TPSA) is 53.4 Å². The van der Waals surface area contributed by atoms with Crippen LogP contribution < -0.4 is 0 Å². The predicted molar refractivity (Wildman–Crippen MR) is 71.8 cm³/mol. The molecular formula is C13H19ClN2O2. The fraction of sp³-hybridized carbons (Fsp3) is 0.538. The van der Waals surface area contributed by atoms with Gasteiger partial charge in [0.2, 0.25) is 0 Å². The number of aromatic nitrogens is 1. The van der Waals surface area contributed by atoms with Crippen LogP contribution in [0.15, 0.2) is 12.1 Å². The first kappa shape index (κ1) is 14.9. The molecule has 0 bridgehead atoms. The molecule has 1 N–H and O–H groups in total. The van der Waals surface area contributed by atoms with Crippen molar-refractivity contribution in [3.05, 3.63) is 28.5 Å². The van der Waals surface area contributed by atoms with Crippen LogP contribution in [0, 0.1) is 6.92 Å². The Bertz CT molecular complexity index is 433. The Labute approximate surface area is 113 Å². The molecule has 1 atom stereocenters. The van der Waals surface area contributed by atoms with Crippen LogP contribution in [0.4, 0.5) is 0 Å². The maximum absolute atomic E-state index is 12.4. The van der Waals surface area contributed by atoms with Crippen LogP contribution in [0.25, 0.3) is 0 Å². The van der Waals surface area contributed by atoms with Crippen molar-refractivity contribution in [1.82, 2.24) is 9.88 Å². The van der Waals surface area contributed by atoms with E-state index in [0.29, 0.717) is 23.0 Å². The van der Waals surface area contributed by atoms with Gasteiger partial charge in [0.1, 0.15) is 5.15 Å². The van der Waals surface area contributed by atoms with Crippen molar-refractivity contribution in [2.24, 2.45) is 0 Å². The zero-order valence-corrected chi connectivity index (χ0v) is 11.9. The minimum Gasteiger partial charge on any atom is -0.392 e. The maximum atomic E-state index is 12.4. The van der Waals surface area contributed by atoms with Crippen molar-refractivity contribution in [2.75, 3.05) is 6.54 Å². The van der Waals surface area contributed by atoms with E-state index in [1.54, 1.807) is 30.9 Å². The largest absolute Gasteiger partial charge is 0.392 e. The van der Waals surface area contributed by atoms with E-state index in [1.165, 1.54) is 0 Å². The van der Waals surface area contributed by atoms with E-state index >= 15 is 0 Å². The van der Waals surface area contributed by atoms with Crippen molar-refractivity contribution >= 4 is 17.5 Å². The molecule has 0 aliphatic carbocycles. The summed E-state index contributed by atoms with van der Waals surface area (Å²) in [6.45, 7) is 7.55. The molecular weight excluding hydrogens is 252 g/mol. The van der Waals surface area contributed by atoms with Gasteiger partial charge in [-0.1, -0.05) is 11.6 Å². The molecule has 0 fully saturated rings. The van der Waals surface area contributed by atoms with Gasteiger partial charge in [-0.15, -0.1) is 0 Å². The Morgan fingerprint density at radius 1 is 1.44 bits per heavy atom. The number of hydrogen-bond acceptors (Lipinski definition) is 3. The molecule has 0 spiro atoms. The number of amides is 1. The SMILES string of the molecule is Cc1nc(Cl)ccc1C(=O)N(CC(C)O)C(C)C. The lowest BCUT2D eigenvalue weighted by Crippen LogP contribution is -2.41. The highest BCUT2D eigenvalue weighted by Gasteiger charge is 2.22. The van der Waals surface area contributed by atoms with Crippen LogP contribution in [0.3, 0.4) is 0 Å². The maximum Gasteiger partial charge on any atom is 0.256 e. The van der Waals surface area contributed by atoms with Gasteiger partial charge in [-0.05, 0) is 39.8 Å². The van der Waals surface area contributed by atoms with Gasteiger partial charge in [0.15, 0.2) is 0 Å². The number of aryl methyl sites for hydroxylation is 1. The third-order valence-electron chi connectivity index (χ3n) is 2.63. The highest BCUT2D eigenvalue weighted by Crippen LogP contribution is 2.15. The summed E-state index contributed by atoms with van der Waals surface area (Å²) in [6.07, 6.45) is -0.558. The average molecular weight is 271 g/mol. The fourth-order valence-corrected chi connectivity index (χ4v) is 1.91. The van der Waals surface area contributed by atoms with Crippen molar-refractivity contribution in [3.63, 3.8) is 0 Å². The lowest BCUT2D eigenvalue weighted by Gasteiger charge is -2.28. The monoisotopic (exact) mass is 270 g/mol. The van der Waals surface area contributed by atoms with Gasteiger partial charge in [0.05, 0.1) is 17.4 Å². The van der Waals surface area contributed by atoms with E-state index in [0.717, 1.165) is 0 Å². The van der Waals surface area contributed by atoms with Gasteiger partial charge in [-0.2, -0.15) is 0 Å². The summed E-state index contributed by atoms with van der Waals surface area (Å²) in [7, 11) is 0. The molecule has 1 rings (SSSR count). The lowest BCUT2D eigenvalue weighted by atomic mass is 10.1. The van der Waals surface area contributed by atoms with Gasteiger partial charge < -0.3 is 10.0 Å². The highest BCUT2D eigenvalue weighted by atomic mass is 35.5. The molecule has 5 heteroatoms. The van der Waals surface area contributed by atoms with Crippen LogP contribution in [-0.2, 0) is 0 Å². The van der Waals surface area contributed by atoms with Crippen molar-refractivity contribution in [1.29, 1.82) is 0 Å². The molecule has 0 aliphatic heterocycles. The van der Waals surface area contributed by atoms with E-state index < -0.39 is 6.10 Å². The molecule has 1 amide bonds. The summed E-state index contributed by atoms with van der Waals surface area (Å²) in [5.74, 6) is -0.132. The Morgan fingerprint density at radius 3 is 2.50 bits per heavy atom. The average Bonchev–Trinajstić information content (AvgIpc) is 2.24. The number of pyridine rings is 1. The summed E-state index contributed by atoms with van der Waals surface area (Å²) < 4.78 is 0. The summed E-state index contributed by atoms with van der Waals surface area (Å²) in [4.78, 5) is 18.1. The Kier molecular flexibility index (Phi) is 5.11. The van der Waals surface area contributed by atoms with E-state index in [1.807, 2.05) is 13.8 Å². The van der Waals surface area contributed by atoms with Gasteiger partial charge >= 0.3 is 0 Å². The third-order valence-corrected chi connectivity index (χ3v) is 2.84. The molecule has 0 radical (unpaired) electrons. The molecule has 0 aromatic carbocycles. The standard InChI is InChI=1S/C13H19ClN2O2/c1-8(2)16(7-9(3)17)13(18)11-5-6-12(14)15-10(11)4/h5-6,8-9,17H,7H2,1-4H3. The summed E-state index contributed by atoms with van der Waals surface area (Å²) in [5, 5.41) is 9.82. The Hall–Kier alpha value is -1.13. The van der Waals surface area contributed by atoms with E-state index in [2.05, 4.69) is 4.98 Å². The molecule has 18 heavy (non-hydrogen) atoms. The minimum absolute atomic E-state index is 0.0159. The van der Waals surface area contributed by atoms with E-state index in [-0.39, 0.29) is 11.9 Å². The number of hydrogen-bond donors (Lipinski definition) is 1. The normalized spacial score (nSPS) is 12.6. The van der Waals surface area contributed by atoms with Crippen LogP contribution in [-0.4, -0.2) is 39.6 Å². The first-order valence-electron chi connectivity index (χ1n) is 5.95. The second-order valence-corrected chi connectivity index (χ2v) is 5.05. The Morgan fingerprint density at radius 2 is 2.06 bits per heavy atom. The zero-order chi connectivity index (χ0) is 13.9. The number of halogens is 1. The first-order chi connectivity index (χ1) is 8.32. The van der Waals surface area contributed by atoms with Crippen LogP contribution in [0.2, 0.25) is 5.15 Å². The second kappa shape index (κ2) is 6.16. The Balaban J connectivity index is 3.02. The predicted octanol–water partition coefficient (Wildman–Crippen LogP) is 2.27. The van der Waals surface area contributed by atoms with Crippen LogP contribution >= 0.6 is 11.6 Å². The number of rotatable bonds is 4. The molecule has 0 aliphatic rings. The van der Waals surface area contributed by atoms with Gasteiger partial charge in [-0.3, -0.25) is 4.79 Å². The van der Waals surface area contributed by atoms with Crippen LogP contribution in [0.1, 0.15) is 36.8 Å². The van der Waals surface area contributed by atoms with Crippen molar-refractivity contribution in [3.8, 4) is 0 Å². The van der Waals surface area contributed by atoms with Crippen molar-refractivity contribution in [2.45, 2.75) is 39.8 Å². The number of aliphatic hydroxyl groups is 1. The summed E-state index contributed by atoms with van der Waals surface area (Å²) in [5.41, 5.74) is 1.12. The number of carbonyl (C=O) groups is 1. The van der Waals surface area contributed by atoms with Crippen LogP contribution in [0.5, 0.6) is 0 Å². The van der Waals surface area contributed by atoms with Gasteiger partial charge in [0, 0.05) is 12.6 Å². The number of nitrogens with zero attached hydrogens (tertiary/aromatic N) is 2. The lowest BCUT2D eigenvalue weighted by molar-refractivity contribution is 0.0577. The molecule has 1 aromatic heterocycles. The molecule has 4 nitrogen and oxygen atoms in total. The fourth-order valence-electron chi connectivity index (χ4n) is 1.72. The van der Waals surface area contributed by atoms with Gasteiger partial charge in [0.25, 0.3) is 5.91 Å². The third kappa shape index (κ3) is 3.68. The van der Waals surface area contributed by atoms with Gasteiger partial charge in [-0.25, -0.2) is 4.98 Å². The van der Waals surface area contributed by atoms with E-state index in [9.17, 15) is 9.90 Å². The van der Waals surface area contributed by atoms with E-state index in [4.69, 9.17) is 11.6 Å². The molecule has 100 valence electrons. The molecule has 1 unspecified atom stereocenters. The zero-order valence-electron chi connectivity index (χ0n) is 11.1. The number of aliphatic hydroxyl groups excluding tert-OH is 1. The molecule has 1 heterocycles. The first-order valence-corrected chi connectivity index (χ1v) is 6.33. The minimum atomic E-state index is -0.558.